The van der Waals surface area contributed by atoms with E-state index in [1.165, 1.54) is 55.6 Å². The van der Waals surface area contributed by atoms with Crippen LogP contribution in [-0.4, -0.2) is 26.5 Å². The molecule has 0 saturated heterocycles. The van der Waals surface area contributed by atoms with Crippen LogP contribution < -0.4 is 4.31 Å². The molecule has 21 heavy (non-hydrogen) atoms. The highest BCUT2D eigenvalue weighted by Crippen LogP contribution is 2.23. The molecule has 2 aromatic carbocycles. The summed E-state index contributed by atoms with van der Waals surface area (Å²) >= 11 is 5.74. The van der Waals surface area contributed by atoms with Crippen LogP contribution >= 0.6 is 11.6 Å². The molecule has 0 spiro atoms. The first-order valence-corrected chi connectivity index (χ1v) is 7.72. The number of carboxylic acids is 1. The van der Waals surface area contributed by atoms with Crippen molar-refractivity contribution >= 4 is 33.3 Å². The zero-order valence-corrected chi connectivity index (χ0v) is 12.6. The fraction of sp³-hybridized carbons (Fsp3) is 0.0714. The molecule has 2 rings (SSSR count). The summed E-state index contributed by atoms with van der Waals surface area (Å²) in [5.74, 6) is -1.12. The van der Waals surface area contributed by atoms with Crippen LogP contribution in [0.5, 0.6) is 0 Å². The smallest absolute Gasteiger partial charge is 0.335 e. The molecule has 1 N–H and O–H groups in total. The lowest BCUT2D eigenvalue weighted by atomic mass is 10.2. The molecule has 5 nitrogen and oxygen atoms in total. The number of rotatable bonds is 4. The van der Waals surface area contributed by atoms with Crippen LogP contribution in [-0.2, 0) is 10.0 Å². The summed E-state index contributed by atoms with van der Waals surface area (Å²) in [5, 5.41) is 9.39. The number of halogens is 1. The van der Waals surface area contributed by atoms with Crippen molar-refractivity contribution in [1.82, 2.24) is 0 Å². The molecule has 0 aliphatic heterocycles. The molecule has 0 fully saturated rings. The molecular formula is C14H12ClNO4S. The number of anilines is 1. The van der Waals surface area contributed by atoms with Crippen molar-refractivity contribution in [2.75, 3.05) is 11.4 Å². The summed E-state index contributed by atoms with van der Waals surface area (Å²) in [6.07, 6.45) is 0. The van der Waals surface area contributed by atoms with E-state index >= 15 is 0 Å². The Morgan fingerprint density at radius 3 is 2.33 bits per heavy atom. The number of sulfonamides is 1. The number of hydrogen-bond donors (Lipinski definition) is 1. The molecule has 0 saturated carbocycles. The Morgan fingerprint density at radius 2 is 1.76 bits per heavy atom. The molecule has 0 aromatic heterocycles. The molecule has 0 amide bonds. The minimum absolute atomic E-state index is 0.0191. The largest absolute Gasteiger partial charge is 0.478 e. The number of carbonyl (C=O) groups is 1. The minimum atomic E-state index is -3.77. The van der Waals surface area contributed by atoms with E-state index in [9.17, 15) is 13.2 Å². The van der Waals surface area contributed by atoms with Gasteiger partial charge in [0.15, 0.2) is 0 Å². The summed E-state index contributed by atoms with van der Waals surface area (Å²) in [7, 11) is -2.40. The standard InChI is InChI=1S/C14H12ClNO4S/c1-16(12-4-2-3-10(9-12)14(17)18)21(19,20)13-7-5-11(15)6-8-13/h2-9H,1H3,(H,17,18). The number of aromatic carboxylic acids is 1. The summed E-state index contributed by atoms with van der Waals surface area (Å²) in [6, 6.07) is 11.5. The van der Waals surface area contributed by atoms with Gasteiger partial charge in [-0.15, -0.1) is 0 Å². The monoisotopic (exact) mass is 325 g/mol. The van der Waals surface area contributed by atoms with Gasteiger partial charge in [-0.2, -0.15) is 0 Å². The van der Waals surface area contributed by atoms with Gasteiger partial charge in [-0.3, -0.25) is 4.31 Å². The summed E-state index contributed by atoms with van der Waals surface area (Å²) in [5.41, 5.74) is 0.288. The van der Waals surface area contributed by atoms with Crippen molar-refractivity contribution in [2.24, 2.45) is 0 Å². The predicted octanol–water partition coefficient (Wildman–Crippen LogP) is 2.86. The maximum absolute atomic E-state index is 12.5. The van der Waals surface area contributed by atoms with E-state index in [1.54, 1.807) is 0 Å². The van der Waals surface area contributed by atoms with Gasteiger partial charge >= 0.3 is 5.97 Å². The first-order valence-electron chi connectivity index (χ1n) is 5.90. The molecule has 2 aromatic rings. The van der Waals surface area contributed by atoms with Gasteiger partial charge < -0.3 is 5.11 Å². The third-order valence-corrected chi connectivity index (χ3v) is 4.98. The maximum Gasteiger partial charge on any atom is 0.335 e. The third kappa shape index (κ3) is 3.17. The average molecular weight is 326 g/mol. The summed E-state index contributed by atoms with van der Waals surface area (Å²) < 4.78 is 26.0. The van der Waals surface area contributed by atoms with Crippen molar-refractivity contribution in [3.8, 4) is 0 Å². The van der Waals surface area contributed by atoms with E-state index in [2.05, 4.69) is 0 Å². The molecule has 0 aliphatic carbocycles. The van der Waals surface area contributed by atoms with Crippen LogP contribution in [0.4, 0.5) is 5.69 Å². The lowest BCUT2D eigenvalue weighted by Crippen LogP contribution is -2.26. The van der Waals surface area contributed by atoms with E-state index < -0.39 is 16.0 Å². The van der Waals surface area contributed by atoms with E-state index in [1.807, 2.05) is 0 Å². The summed E-state index contributed by atoms with van der Waals surface area (Å²) in [4.78, 5) is 11.0. The normalized spacial score (nSPS) is 11.1. The fourth-order valence-corrected chi connectivity index (χ4v) is 3.05. The van der Waals surface area contributed by atoms with Crippen LogP contribution in [0.3, 0.4) is 0 Å². The number of hydrogen-bond acceptors (Lipinski definition) is 3. The zero-order chi connectivity index (χ0) is 15.6. The second kappa shape index (κ2) is 5.75. The lowest BCUT2D eigenvalue weighted by Gasteiger charge is -2.19. The van der Waals surface area contributed by atoms with Gasteiger partial charge in [0, 0.05) is 12.1 Å². The first-order chi connectivity index (χ1) is 9.82. The van der Waals surface area contributed by atoms with E-state index in [-0.39, 0.29) is 16.1 Å². The Balaban J connectivity index is 2.43. The predicted molar refractivity (Wildman–Crippen MR) is 80.4 cm³/mol. The molecule has 110 valence electrons. The highest BCUT2D eigenvalue weighted by molar-refractivity contribution is 7.92. The van der Waals surface area contributed by atoms with Crippen LogP contribution in [0.25, 0.3) is 0 Å². The molecule has 0 heterocycles. The van der Waals surface area contributed by atoms with Gasteiger partial charge in [-0.05, 0) is 42.5 Å². The molecule has 0 aliphatic rings. The van der Waals surface area contributed by atoms with Gasteiger partial charge in [-0.1, -0.05) is 17.7 Å². The molecule has 0 unspecified atom stereocenters. The van der Waals surface area contributed by atoms with E-state index in [4.69, 9.17) is 16.7 Å². The van der Waals surface area contributed by atoms with Gasteiger partial charge in [0.1, 0.15) is 0 Å². The van der Waals surface area contributed by atoms with Crippen molar-refractivity contribution < 1.29 is 18.3 Å². The quantitative estimate of drug-likeness (QED) is 0.938. The van der Waals surface area contributed by atoms with Crippen LogP contribution in [0.2, 0.25) is 5.02 Å². The van der Waals surface area contributed by atoms with Gasteiger partial charge in [0.25, 0.3) is 10.0 Å². The topological polar surface area (TPSA) is 74.7 Å². The van der Waals surface area contributed by atoms with Crippen LogP contribution in [0.1, 0.15) is 10.4 Å². The lowest BCUT2D eigenvalue weighted by molar-refractivity contribution is 0.0697. The van der Waals surface area contributed by atoms with Crippen molar-refractivity contribution in [3.63, 3.8) is 0 Å². The highest BCUT2D eigenvalue weighted by atomic mass is 35.5. The van der Waals surface area contributed by atoms with E-state index in [0.717, 1.165) is 4.31 Å². The van der Waals surface area contributed by atoms with Crippen LogP contribution in [0.15, 0.2) is 53.4 Å². The first kappa shape index (κ1) is 15.3. The Kier molecular flexibility index (Phi) is 4.20. The van der Waals surface area contributed by atoms with E-state index in [0.29, 0.717) is 5.02 Å². The fourth-order valence-electron chi connectivity index (χ4n) is 1.74. The van der Waals surface area contributed by atoms with Gasteiger partial charge in [-0.25, -0.2) is 13.2 Å². The van der Waals surface area contributed by atoms with Gasteiger partial charge in [0.2, 0.25) is 0 Å². The zero-order valence-electron chi connectivity index (χ0n) is 11.0. The Labute approximate surface area is 127 Å². The SMILES string of the molecule is CN(c1cccc(C(=O)O)c1)S(=O)(=O)c1ccc(Cl)cc1. The minimum Gasteiger partial charge on any atom is -0.478 e. The molecular weight excluding hydrogens is 314 g/mol. The average Bonchev–Trinajstić information content (AvgIpc) is 2.47. The van der Waals surface area contributed by atoms with Crippen LogP contribution in [0, 0.1) is 0 Å². The number of nitrogens with zero attached hydrogens (tertiary/aromatic N) is 1. The number of benzene rings is 2. The Bertz CT molecular complexity index is 772. The second-order valence-corrected chi connectivity index (χ2v) is 6.69. The summed E-state index contributed by atoms with van der Waals surface area (Å²) in [6.45, 7) is 0. The molecule has 7 heteroatoms. The highest BCUT2D eigenvalue weighted by Gasteiger charge is 2.21. The molecule has 0 radical (unpaired) electrons. The molecule has 0 bridgehead atoms. The Morgan fingerprint density at radius 1 is 1.14 bits per heavy atom. The van der Waals surface area contributed by atoms with Crippen molar-refractivity contribution in [3.05, 3.63) is 59.1 Å². The Hall–Kier alpha value is -2.05. The number of carboxylic acid groups (broad SMARTS) is 1. The third-order valence-electron chi connectivity index (χ3n) is 2.93. The van der Waals surface area contributed by atoms with Crippen molar-refractivity contribution in [2.45, 2.75) is 4.90 Å². The maximum atomic E-state index is 12.5. The molecule has 0 atom stereocenters. The van der Waals surface area contributed by atoms with Gasteiger partial charge in [0.05, 0.1) is 16.1 Å². The van der Waals surface area contributed by atoms with Crippen molar-refractivity contribution in [1.29, 1.82) is 0 Å². The second-order valence-electron chi connectivity index (χ2n) is 4.28.